The van der Waals surface area contributed by atoms with Crippen molar-refractivity contribution in [1.82, 2.24) is 9.80 Å². The van der Waals surface area contributed by atoms with Crippen molar-refractivity contribution in [2.24, 2.45) is 5.18 Å². The van der Waals surface area contributed by atoms with E-state index in [1.807, 2.05) is 0 Å². The van der Waals surface area contributed by atoms with E-state index in [1.165, 1.54) is 0 Å². The fourth-order valence-electron chi connectivity index (χ4n) is 1.61. The van der Waals surface area contributed by atoms with Crippen LogP contribution in [0.1, 0.15) is 27.7 Å². The van der Waals surface area contributed by atoms with Crippen LogP contribution in [0.4, 0.5) is 0 Å². The minimum absolute atomic E-state index is 0.399. The number of hydrogen-bond acceptors (Lipinski definition) is 4. The van der Waals surface area contributed by atoms with E-state index in [0.29, 0.717) is 12.6 Å². The Morgan fingerprint density at radius 2 is 1.67 bits per heavy atom. The van der Waals surface area contributed by atoms with Gasteiger partial charge in [-0.3, -0.25) is 4.90 Å². The van der Waals surface area contributed by atoms with Gasteiger partial charge in [0, 0.05) is 25.7 Å². The van der Waals surface area contributed by atoms with E-state index < -0.39 is 0 Å². The minimum atomic E-state index is 0.399. The number of nitroso groups, excluding NO2 is 1. The van der Waals surface area contributed by atoms with Crippen LogP contribution in [-0.2, 0) is 0 Å². The molecule has 0 heterocycles. The van der Waals surface area contributed by atoms with Crippen LogP contribution in [0, 0.1) is 4.91 Å². The molecule has 0 aromatic heterocycles. The number of hydrogen-bond donors (Lipinski definition) is 0. The second-order valence-electron chi connectivity index (χ2n) is 4.01. The summed E-state index contributed by atoms with van der Waals surface area (Å²) in [6.45, 7) is 14.1. The van der Waals surface area contributed by atoms with Gasteiger partial charge in [0.05, 0.1) is 6.54 Å². The molecule has 0 radical (unpaired) electrons. The highest BCUT2D eigenvalue weighted by molar-refractivity contribution is 4.66. The summed E-state index contributed by atoms with van der Waals surface area (Å²) >= 11 is 0. The summed E-state index contributed by atoms with van der Waals surface area (Å²) in [7, 11) is 0. The molecule has 0 aromatic rings. The minimum Gasteiger partial charge on any atom is -0.303 e. The Kier molecular flexibility index (Phi) is 8.52. The summed E-state index contributed by atoms with van der Waals surface area (Å²) in [6.07, 6.45) is 0. The first kappa shape index (κ1) is 14.5. The normalized spacial score (nSPS) is 11.7. The lowest BCUT2D eigenvalue weighted by Crippen LogP contribution is -2.40. The monoisotopic (exact) mass is 215 g/mol. The lowest BCUT2D eigenvalue weighted by atomic mass is 10.3. The molecule has 4 heteroatoms. The molecule has 0 unspecified atom stereocenters. The molecule has 0 bridgehead atoms. The van der Waals surface area contributed by atoms with E-state index in [9.17, 15) is 4.91 Å². The summed E-state index contributed by atoms with van der Waals surface area (Å²) in [5, 5.41) is 2.92. The first-order valence-corrected chi connectivity index (χ1v) is 5.91. The molecule has 0 aliphatic rings. The van der Waals surface area contributed by atoms with Gasteiger partial charge >= 0.3 is 0 Å². The van der Waals surface area contributed by atoms with Gasteiger partial charge in [-0.05, 0) is 26.9 Å². The van der Waals surface area contributed by atoms with Crippen LogP contribution >= 0.6 is 0 Å². The molecule has 0 amide bonds. The highest BCUT2D eigenvalue weighted by atomic mass is 16.3. The molecule has 0 aromatic carbocycles. The van der Waals surface area contributed by atoms with E-state index in [1.54, 1.807) is 0 Å². The molecule has 4 nitrogen and oxygen atoms in total. The fourth-order valence-corrected chi connectivity index (χ4v) is 1.61. The third kappa shape index (κ3) is 6.57. The molecular weight excluding hydrogens is 190 g/mol. The zero-order chi connectivity index (χ0) is 11.7. The lowest BCUT2D eigenvalue weighted by molar-refractivity contribution is 0.186. The molecule has 0 aliphatic carbocycles. The molecule has 0 aliphatic heterocycles. The van der Waals surface area contributed by atoms with Gasteiger partial charge in [-0.15, -0.1) is 0 Å². The van der Waals surface area contributed by atoms with Crippen LogP contribution in [0.25, 0.3) is 0 Å². The standard InChI is InChI=1S/C11H25N3O/c1-5-13(6-2)9-10-14(11(3)4)8-7-12-15/h11H,5-10H2,1-4H3. The van der Waals surface area contributed by atoms with Crippen molar-refractivity contribution in [2.75, 3.05) is 39.3 Å². The lowest BCUT2D eigenvalue weighted by Gasteiger charge is -2.28. The predicted octanol–water partition coefficient (Wildman–Crippen LogP) is 1.80. The Balaban J connectivity index is 3.88. The van der Waals surface area contributed by atoms with Gasteiger partial charge in [0.1, 0.15) is 0 Å². The van der Waals surface area contributed by atoms with Crippen molar-refractivity contribution in [3.8, 4) is 0 Å². The fraction of sp³-hybridized carbons (Fsp3) is 1.00. The Labute approximate surface area is 93.6 Å². The Morgan fingerprint density at radius 3 is 2.07 bits per heavy atom. The van der Waals surface area contributed by atoms with Gasteiger partial charge in [-0.1, -0.05) is 19.0 Å². The van der Waals surface area contributed by atoms with Crippen molar-refractivity contribution >= 4 is 0 Å². The summed E-state index contributed by atoms with van der Waals surface area (Å²) in [5.41, 5.74) is 0. The van der Waals surface area contributed by atoms with Crippen LogP contribution in [0.2, 0.25) is 0 Å². The zero-order valence-electron chi connectivity index (χ0n) is 10.6. The second-order valence-corrected chi connectivity index (χ2v) is 4.01. The van der Waals surface area contributed by atoms with Gasteiger partial charge in [0.15, 0.2) is 0 Å². The van der Waals surface area contributed by atoms with Crippen molar-refractivity contribution in [3.63, 3.8) is 0 Å². The third-order valence-electron chi connectivity index (χ3n) is 2.81. The van der Waals surface area contributed by atoms with Crippen LogP contribution in [0.15, 0.2) is 5.18 Å². The van der Waals surface area contributed by atoms with Gasteiger partial charge in [0.25, 0.3) is 0 Å². The maximum absolute atomic E-state index is 10.1. The van der Waals surface area contributed by atoms with E-state index >= 15 is 0 Å². The van der Waals surface area contributed by atoms with Gasteiger partial charge < -0.3 is 4.90 Å². The number of nitrogens with zero attached hydrogens (tertiary/aromatic N) is 3. The average molecular weight is 215 g/mol. The summed E-state index contributed by atoms with van der Waals surface area (Å²) in [5.74, 6) is 0. The van der Waals surface area contributed by atoms with Crippen LogP contribution < -0.4 is 0 Å². The quantitative estimate of drug-likeness (QED) is 0.550. The van der Waals surface area contributed by atoms with Crippen molar-refractivity contribution in [3.05, 3.63) is 4.91 Å². The van der Waals surface area contributed by atoms with Crippen LogP contribution in [0.5, 0.6) is 0 Å². The summed E-state index contributed by atoms with van der Waals surface area (Å²) in [6, 6.07) is 0.488. The molecule has 0 saturated heterocycles. The SMILES string of the molecule is CCN(CC)CCN(CCN=O)C(C)C. The average Bonchev–Trinajstić information content (AvgIpc) is 2.23. The van der Waals surface area contributed by atoms with E-state index in [0.717, 1.165) is 32.7 Å². The topological polar surface area (TPSA) is 35.9 Å². The summed E-state index contributed by atoms with van der Waals surface area (Å²) in [4.78, 5) is 14.8. The van der Waals surface area contributed by atoms with Gasteiger partial charge in [-0.2, -0.15) is 4.91 Å². The predicted molar refractivity (Wildman–Crippen MR) is 65.2 cm³/mol. The molecule has 0 rings (SSSR count). The Hall–Kier alpha value is -0.480. The van der Waals surface area contributed by atoms with Gasteiger partial charge in [0.2, 0.25) is 0 Å². The third-order valence-corrected chi connectivity index (χ3v) is 2.81. The van der Waals surface area contributed by atoms with Crippen LogP contribution in [0.3, 0.4) is 0 Å². The van der Waals surface area contributed by atoms with Crippen molar-refractivity contribution < 1.29 is 0 Å². The first-order valence-electron chi connectivity index (χ1n) is 5.91. The highest BCUT2D eigenvalue weighted by Crippen LogP contribution is 1.99. The molecule has 0 saturated carbocycles. The largest absolute Gasteiger partial charge is 0.303 e. The van der Waals surface area contributed by atoms with Crippen LogP contribution in [-0.4, -0.2) is 55.1 Å². The van der Waals surface area contributed by atoms with Crippen molar-refractivity contribution in [1.29, 1.82) is 0 Å². The van der Waals surface area contributed by atoms with Gasteiger partial charge in [-0.25, -0.2) is 0 Å². The maximum Gasteiger partial charge on any atom is 0.0938 e. The number of likely N-dealkylation sites (N-methyl/N-ethyl adjacent to an activating group) is 1. The molecule has 15 heavy (non-hydrogen) atoms. The molecular formula is C11H25N3O. The molecule has 0 spiro atoms. The second kappa shape index (κ2) is 8.80. The Bertz CT molecular complexity index is 158. The molecule has 0 N–H and O–H groups in total. The highest BCUT2D eigenvalue weighted by Gasteiger charge is 2.10. The molecule has 0 atom stereocenters. The smallest absolute Gasteiger partial charge is 0.0938 e. The number of rotatable bonds is 9. The maximum atomic E-state index is 10.1. The zero-order valence-corrected chi connectivity index (χ0v) is 10.6. The first-order chi connectivity index (χ1) is 7.15. The summed E-state index contributed by atoms with van der Waals surface area (Å²) < 4.78 is 0. The van der Waals surface area contributed by atoms with E-state index in [4.69, 9.17) is 0 Å². The molecule has 0 fully saturated rings. The van der Waals surface area contributed by atoms with Crippen molar-refractivity contribution in [2.45, 2.75) is 33.7 Å². The van der Waals surface area contributed by atoms with E-state index in [-0.39, 0.29) is 0 Å². The van der Waals surface area contributed by atoms with E-state index in [2.05, 4.69) is 42.7 Å². The molecule has 90 valence electrons. The Morgan fingerprint density at radius 1 is 1.07 bits per heavy atom.